The van der Waals surface area contributed by atoms with Gasteiger partial charge >= 0.3 is 0 Å². The normalized spacial score (nSPS) is 10.2. The van der Waals surface area contributed by atoms with Gasteiger partial charge in [-0.2, -0.15) is 0 Å². The molecule has 0 unspecified atom stereocenters. The summed E-state index contributed by atoms with van der Waals surface area (Å²) in [6.45, 7) is 0.526. The Hall–Kier alpha value is -2.08. The van der Waals surface area contributed by atoms with Crippen LogP contribution in [0.1, 0.15) is 15.9 Å². The van der Waals surface area contributed by atoms with Gasteiger partial charge in [-0.05, 0) is 17.7 Å². The third-order valence-corrected chi connectivity index (χ3v) is 3.35. The van der Waals surface area contributed by atoms with Gasteiger partial charge in [0.1, 0.15) is 5.82 Å². The minimum Gasteiger partial charge on any atom is -0.397 e. The van der Waals surface area contributed by atoms with Gasteiger partial charge in [-0.15, -0.1) is 0 Å². The van der Waals surface area contributed by atoms with E-state index in [1.54, 1.807) is 0 Å². The van der Waals surface area contributed by atoms with E-state index in [1.807, 2.05) is 24.3 Å². The summed E-state index contributed by atoms with van der Waals surface area (Å²) < 4.78 is 0.985. The molecule has 0 radical (unpaired) electrons. The molecule has 1 amide bonds. The third-order valence-electron chi connectivity index (χ3n) is 2.58. The summed E-state index contributed by atoms with van der Waals surface area (Å²) in [6, 6.07) is 9.30. The number of pyridine rings is 1. The minimum absolute atomic E-state index is 0.284. The number of benzene rings is 1. The van der Waals surface area contributed by atoms with Crippen molar-refractivity contribution in [3.05, 3.63) is 52.1 Å². The summed E-state index contributed by atoms with van der Waals surface area (Å²) in [5, 5.41) is 3.08. The molecule has 98 valence electrons. The van der Waals surface area contributed by atoms with E-state index in [0.717, 1.165) is 10.0 Å². The summed E-state index contributed by atoms with van der Waals surface area (Å²) in [5.41, 5.74) is 12.6. The second-order valence-electron chi connectivity index (χ2n) is 3.97. The van der Waals surface area contributed by atoms with Gasteiger partial charge in [0, 0.05) is 11.0 Å². The number of nitrogen functional groups attached to an aromatic ring is 1. The maximum atomic E-state index is 11.3. The fourth-order valence-electron chi connectivity index (χ4n) is 1.63. The molecule has 0 fully saturated rings. The van der Waals surface area contributed by atoms with Crippen molar-refractivity contribution in [1.82, 2.24) is 4.98 Å². The Balaban J connectivity index is 2.20. The number of rotatable bonds is 4. The molecule has 1 aromatic carbocycles. The van der Waals surface area contributed by atoms with Gasteiger partial charge in [-0.1, -0.05) is 34.1 Å². The molecule has 0 atom stereocenters. The smallest absolute Gasteiger partial charge is 0.252 e. The lowest BCUT2D eigenvalue weighted by molar-refractivity contribution is 0.100. The van der Waals surface area contributed by atoms with Crippen LogP contribution in [0.15, 0.2) is 41.0 Å². The van der Waals surface area contributed by atoms with Crippen LogP contribution in [-0.4, -0.2) is 10.9 Å². The molecule has 1 heterocycles. The average molecular weight is 321 g/mol. The highest BCUT2D eigenvalue weighted by atomic mass is 79.9. The maximum Gasteiger partial charge on any atom is 0.252 e. The Labute approximate surface area is 119 Å². The summed E-state index contributed by atoms with van der Waals surface area (Å²) in [7, 11) is 0. The molecule has 0 spiro atoms. The average Bonchev–Trinajstić information content (AvgIpc) is 2.38. The van der Waals surface area contributed by atoms with E-state index < -0.39 is 5.91 Å². The number of halogens is 1. The number of amides is 1. The van der Waals surface area contributed by atoms with Crippen LogP contribution in [0.25, 0.3) is 0 Å². The lowest BCUT2D eigenvalue weighted by atomic mass is 10.2. The monoisotopic (exact) mass is 320 g/mol. The van der Waals surface area contributed by atoms with E-state index >= 15 is 0 Å². The number of carbonyl (C=O) groups excluding carboxylic acids is 1. The van der Waals surface area contributed by atoms with Gasteiger partial charge in [0.25, 0.3) is 5.91 Å². The number of primary amides is 1. The standard InChI is InChI=1S/C13H13BrN4O/c14-11-4-2-1-3-8(11)6-17-13-10(12(16)19)5-9(15)7-18-13/h1-5,7H,6,15H2,(H2,16,19)(H,17,18). The highest BCUT2D eigenvalue weighted by molar-refractivity contribution is 9.10. The molecule has 0 aliphatic heterocycles. The van der Waals surface area contributed by atoms with E-state index in [2.05, 4.69) is 26.2 Å². The molecule has 1 aromatic heterocycles. The van der Waals surface area contributed by atoms with Gasteiger partial charge in [-0.3, -0.25) is 4.79 Å². The van der Waals surface area contributed by atoms with Crippen molar-refractivity contribution in [3.8, 4) is 0 Å². The number of hydrogen-bond donors (Lipinski definition) is 3. The quantitative estimate of drug-likeness (QED) is 0.804. The Morgan fingerprint density at radius 3 is 2.79 bits per heavy atom. The molecular formula is C13H13BrN4O. The van der Waals surface area contributed by atoms with Crippen LogP contribution in [0.2, 0.25) is 0 Å². The van der Waals surface area contributed by atoms with Gasteiger partial charge in [-0.25, -0.2) is 4.98 Å². The van der Waals surface area contributed by atoms with Gasteiger partial charge in [0.2, 0.25) is 0 Å². The van der Waals surface area contributed by atoms with Crippen molar-refractivity contribution < 1.29 is 4.79 Å². The second kappa shape index (κ2) is 5.71. The van der Waals surface area contributed by atoms with Crippen LogP contribution in [-0.2, 0) is 6.54 Å². The fraction of sp³-hybridized carbons (Fsp3) is 0.0769. The van der Waals surface area contributed by atoms with Crippen LogP contribution in [0, 0.1) is 0 Å². The third kappa shape index (κ3) is 3.23. The topological polar surface area (TPSA) is 94.0 Å². The molecule has 0 aliphatic carbocycles. The number of nitrogens with two attached hydrogens (primary N) is 2. The number of nitrogens with one attached hydrogen (secondary N) is 1. The van der Waals surface area contributed by atoms with Crippen molar-refractivity contribution >= 4 is 33.3 Å². The molecule has 19 heavy (non-hydrogen) atoms. The van der Waals surface area contributed by atoms with E-state index in [0.29, 0.717) is 18.1 Å². The zero-order valence-electron chi connectivity index (χ0n) is 10.1. The summed E-state index contributed by atoms with van der Waals surface area (Å²) in [5.74, 6) is -0.133. The van der Waals surface area contributed by atoms with E-state index in [-0.39, 0.29) is 5.56 Å². The Bertz CT molecular complexity index is 615. The highest BCUT2D eigenvalue weighted by Gasteiger charge is 2.10. The summed E-state index contributed by atoms with van der Waals surface area (Å²) >= 11 is 3.46. The maximum absolute atomic E-state index is 11.3. The highest BCUT2D eigenvalue weighted by Crippen LogP contribution is 2.19. The molecule has 6 heteroatoms. The first-order chi connectivity index (χ1) is 9.08. The van der Waals surface area contributed by atoms with Crippen LogP contribution in [0.3, 0.4) is 0 Å². The van der Waals surface area contributed by atoms with Gasteiger partial charge in [0.15, 0.2) is 0 Å². The molecule has 0 bridgehead atoms. The van der Waals surface area contributed by atoms with Crippen LogP contribution >= 0.6 is 15.9 Å². The molecule has 2 rings (SSSR count). The Morgan fingerprint density at radius 2 is 2.11 bits per heavy atom. The first-order valence-corrected chi connectivity index (χ1v) is 6.40. The fourth-order valence-corrected chi connectivity index (χ4v) is 2.06. The van der Waals surface area contributed by atoms with E-state index in [4.69, 9.17) is 11.5 Å². The predicted molar refractivity (Wildman–Crippen MR) is 78.6 cm³/mol. The summed E-state index contributed by atoms with van der Waals surface area (Å²) in [6.07, 6.45) is 1.48. The number of anilines is 2. The molecule has 0 saturated heterocycles. The number of hydrogen-bond acceptors (Lipinski definition) is 4. The molecule has 2 aromatic rings. The first-order valence-electron chi connectivity index (χ1n) is 5.60. The first kappa shape index (κ1) is 13.4. The molecular weight excluding hydrogens is 308 g/mol. The van der Waals surface area contributed by atoms with Crippen molar-refractivity contribution in [2.24, 2.45) is 5.73 Å². The molecule has 5 nitrogen and oxygen atoms in total. The zero-order chi connectivity index (χ0) is 13.8. The lowest BCUT2D eigenvalue weighted by Crippen LogP contribution is -2.16. The van der Waals surface area contributed by atoms with Crippen molar-refractivity contribution in [3.63, 3.8) is 0 Å². The minimum atomic E-state index is -0.561. The number of aromatic nitrogens is 1. The SMILES string of the molecule is NC(=O)c1cc(N)cnc1NCc1ccccc1Br. The molecule has 5 N–H and O–H groups in total. The van der Waals surface area contributed by atoms with Crippen molar-refractivity contribution in [2.75, 3.05) is 11.1 Å². The van der Waals surface area contributed by atoms with Gasteiger partial charge < -0.3 is 16.8 Å². The van der Waals surface area contributed by atoms with E-state index in [1.165, 1.54) is 12.3 Å². The Kier molecular flexibility index (Phi) is 4.01. The number of nitrogens with zero attached hydrogens (tertiary/aromatic N) is 1. The van der Waals surface area contributed by atoms with Crippen LogP contribution in [0.5, 0.6) is 0 Å². The molecule has 0 saturated carbocycles. The van der Waals surface area contributed by atoms with Crippen LogP contribution in [0.4, 0.5) is 11.5 Å². The van der Waals surface area contributed by atoms with Gasteiger partial charge in [0.05, 0.1) is 17.4 Å². The Morgan fingerprint density at radius 1 is 1.37 bits per heavy atom. The van der Waals surface area contributed by atoms with Crippen molar-refractivity contribution in [2.45, 2.75) is 6.54 Å². The van der Waals surface area contributed by atoms with Crippen molar-refractivity contribution in [1.29, 1.82) is 0 Å². The van der Waals surface area contributed by atoms with E-state index in [9.17, 15) is 4.79 Å². The lowest BCUT2D eigenvalue weighted by Gasteiger charge is -2.10. The zero-order valence-corrected chi connectivity index (χ0v) is 11.6. The predicted octanol–water partition coefficient (Wildman–Crippen LogP) is 2.14. The molecule has 0 aliphatic rings. The largest absolute Gasteiger partial charge is 0.397 e. The number of carbonyl (C=O) groups is 1. The second-order valence-corrected chi connectivity index (χ2v) is 4.83. The van der Waals surface area contributed by atoms with Crippen LogP contribution < -0.4 is 16.8 Å². The summed E-state index contributed by atoms with van der Waals surface area (Å²) in [4.78, 5) is 15.4.